The van der Waals surface area contributed by atoms with Gasteiger partial charge in [-0.1, -0.05) is 182 Å². The van der Waals surface area contributed by atoms with Gasteiger partial charge in [-0.2, -0.15) is 0 Å². The fraction of sp³-hybridized carbons (Fsp3) is 0. The van der Waals surface area contributed by atoms with E-state index in [1.165, 1.54) is 0 Å². The third-order valence-electron chi connectivity index (χ3n) is 10.2. The number of fused-ring (bicyclic) bond motifs is 3. The van der Waals surface area contributed by atoms with Crippen molar-refractivity contribution in [2.24, 2.45) is 0 Å². The van der Waals surface area contributed by atoms with Crippen molar-refractivity contribution in [1.29, 1.82) is 0 Å². The van der Waals surface area contributed by atoms with Crippen molar-refractivity contribution in [2.75, 3.05) is 0 Å². The molecule has 0 fully saturated rings. The Kier molecular flexibility index (Phi) is 8.12. The third-order valence-corrected chi connectivity index (χ3v) is 10.2. The Balaban J connectivity index is 1.18. The average molecular weight is 704 g/mol. The summed E-state index contributed by atoms with van der Waals surface area (Å²) in [7, 11) is 0. The molecule has 0 bridgehead atoms. The lowest BCUT2D eigenvalue weighted by Gasteiger charge is -2.19. The van der Waals surface area contributed by atoms with Crippen LogP contribution in [0, 0.1) is 0 Å². The first-order valence-electron chi connectivity index (χ1n) is 18.4. The highest BCUT2D eigenvalue weighted by molar-refractivity contribution is 6.12. The third kappa shape index (κ3) is 6.06. The summed E-state index contributed by atoms with van der Waals surface area (Å²) in [5, 5.41) is 2.21. The fourth-order valence-electron chi connectivity index (χ4n) is 7.49. The summed E-state index contributed by atoms with van der Waals surface area (Å²) in [6.45, 7) is 0. The standard InChI is InChI=1S/C51H33N3O/c1-5-16-34(17-6-1)40-32-44(47(36-18-7-2-8-19-36)45(33-40)43-26-15-25-42-41-24-13-14-27-46(41)55-48(42)43)35-28-30-39(31-29-35)51-53-49(37-20-9-3-10-21-37)52-50(54-51)38-22-11-4-12-23-38/h1-33H. The molecular weight excluding hydrogens is 671 g/mol. The van der Waals surface area contributed by atoms with Crippen molar-refractivity contribution in [1.82, 2.24) is 15.0 Å². The molecule has 4 heteroatoms. The number of aromatic nitrogens is 3. The molecule has 2 aromatic heterocycles. The molecule has 0 N–H and O–H groups in total. The SMILES string of the molecule is c1ccc(-c2cc(-c3ccc(-c4nc(-c5ccccc5)nc(-c5ccccc5)n4)cc3)c(-c3ccccc3)c(-c3cccc4c3oc3ccccc34)c2)cc1. The monoisotopic (exact) mass is 703 g/mol. The van der Waals surface area contributed by atoms with Crippen LogP contribution in [-0.2, 0) is 0 Å². The largest absolute Gasteiger partial charge is 0.455 e. The molecule has 0 aliphatic heterocycles. The highest BCUT2D eigenvalue weighted by atomic mass is 16.3. The van der Waals surface area contributed by atoms with E-state index in [1.54, 1.807) is 0 Å². The van der Waals surface area contributed by atoms with Crippen LogP contribution in [0.2, 0.25) is 0 Å². The van der Waals surface area contributed by atoms with E-state index in [-0.39, 0.29) is 0 Å². The van der Waals surface area contributed by atoms with Crippen LogP contribution >= 0.6 is 0 Å². The number of benzene rings is 8. The van der Waals surface area contributed by atoms with Crippen LogP contribution in [0.25, 0.3) is 101 Å². The number of hydrogen-bond donors (Lipinski definition) is 0. The molecule has 55 heavy (non-hydrogen) atoms. The average Bonchev–Trinajstić information content (AvgIpc) is 3.66. The first-order chi connectivity index (χ1) is 27.3. The highest BCUT2D eigenvalue weighted by Crippen LogP contribution is 2.46. The lowest BCUT2D eigenvalue weighted by Crippen LogP contribution is -2.00. The van der Waals surface area contributed by atoms with E-state index in [9.17, 15) is 0 Å². The van der Waals surface area contributed by atoms with Gasteiger partial charge in [0, 0.05) is 33.0 Å². The topological polar surface area (TPSA) is 51.8 Å². The highest BCUT2D eigenvalue weighted by Gasteiger charge is 2.21. The van der Waals surface area contributed by atoms with Crippen LogP contribution in [0.3, 0.4) is 0 Å². The van der Waals surface area contributed by atoms with Crippen LogP contribution in [0.4, 0.5) is 0 Å². The van der Waals surface area contributed by atoms with Gasteiger partial charge in [0.2, 0.25) is 0 Å². The van der Waals surface area contributed by atoms with Crippen LogP contribution in [0.15, 0.2) is 205 Å². The van der Waals surface area contributed by atoms with Crippen molar-refractivity contribution in [2.45, 2.75) is 0 Å². The van der Waals surface area contributed by atoms with Crippen molar-refractivity contribution < 1.29 is 4.42 Å². The molecule has 0 saturated carbocycles. The normalized spacial score (nSPS) is 11.3. The summed E-state index contributed by atoms with van der Waals surface area (Å²) in [6, 6.07) is 69.4. The van der Waals surface area contributed by atoms with E-state index < -0.39 is 0 Å². The second-order valence-electron chi connectivity index (χ2n) is 13.6. The van der Waals surface area contributed by atoms with Gasteiger partial charge in [0.25, 0.3) is 0 Å². The van der Waals surface area contributed by atoms with E-state index in [1.807, 2.05) is 72.8 Å². The maximum absolute atomic E-state index is 6.65. The molecule has 258 valence electrons. The minimum absolute atomic E-state index is 0.623. The van der Waals surface area contributed by atoms with E-state index in [0.717, 1.165) is 83.1 Å². The molecule has 0 radical (unpaired) electrons. The fourth-order valence-corrected chi connectivity index (χ4v) is 7.49. The summed E-state index contributed by atoms with van der Waals surface area (Å²) in [5.74, 6) is 1.90. The molecule has 4 nitrogen and oxygen atoms in total. The molecule has 8 aromatic carbocycles. The Morgan fingerprint density at radius 2 is 0.745 bits per heavy atom. The van der Waals surface area contributed by atoms with Gasteiger partial charge < -0.3 is 4.42 Å². The summed E-state index contributed by atoms with van der Waals surface area (Å²) >= 11 is 0. The Hall–Kier alpha value is -7.43. The number of nitrogens with zero attached hydrogens (tertiary/aromatic N) is 3. The molecule has 0 spiro atoms. The zero-order valence-corrected chi connectivity index (χ0v) is 29.8. The molecular formula is C51H33N3O. The number of furan rings is 1. The van der Waals surface area contributed by atoms with Gasteiger partial charge >= 0.3 is 0 Å². The van der Waals surface area contributed by atoms with Gasteiger partial charge in [-0.25, -0.2) is 15.0 Å². The second-order valence-corrected chi connectivity index (χ2v) is 13.6. The Morgan fingerprint density at radius 1 is 0.291 bits per heavy atom. The van der Waals surface area contributed by atoms with E-state index >= 15 is 0 Å². The van der Waals surface area contributed by atoms with Crippen LogP contribution < -0.4 is 0 Å². The van der Waals surface area contributed by atoms with Crippen molar-refractivity contribution in [3.8, 4) is 78.7 Å². The zero-order chi connectivity index (χ0) is 36.6. The van der Waals surface area contributed by atoms with E-state index in [4.69, 9.17) is 19.4 Å². The summed E-state index contributed by atoms with van der Waals surface area (Å²) in [5.41, 5.74) is 13.4. The summed E-state index contributed by atoms with van der Waals surface area (Å²) < 4.78 is 6.65. The van der Waals surface area contributed by atoms with Crippen molar-refractivity contribution >= 4 is 21.9 Å². The predicted molar refractivity (Wildman–Crippen MR) is 225 cm³/mol. The van der Waals surface area contributed by atoms with Gasteiger partial charge in [-0.15, -0.1) is 0 Å². The van der Waals surface area contributed by atoms with Gasteiger partial charge in [-0.05, 0) is 57.1 Å². The second kappa shape index (κ2) is 13.8. The van der Waals surface area contributed by atoms with Crippen LogP contribution in [0.5, 0.6) is 0 Å². The number of para-hydroxylation sites is 2. The first-order valence-corrected chi connectivity index (χ1v) is 18.4. The number of hydrogen-bond acceptors (Lipinski definition) is 4. The first kappa shape index (κ1) is 32.2. The molecule has 0 aliphatic carbocycles. The molecule has 0 unspecified atom stereocenters. The lowest BCUT2D eigenvalue weighted by atomic mass is 9.84. The minimum Gasteiger partial charge on any atom is -0.455 e. The Bertz CT molecular complexity index is 2880. The molecule has 0 amide bonds. The van der Waals surface area contributed by atoms with Gasteiger partial charge in [-0.3, -0.25) is 0 Å². The molecule has 2 heterocycles. The van der Waals surface area contributed by atoms with Gasteiger partial charge in [0.1, 0.15) is 11.2 Å². The van der Waals surface area contributed by atoms with Gasteiger partial charge in [0.15, 0.2) is 17.5 Å². The Morgan fingerprint density at radius 3 is 1.35 bits per heavy atom. The minimum atomic E-state index is 0.623. The molecule has 0 aliphatic rings. The van der Waals surface area contributed by atoms with Crippen LogP contribution in [-0.4, -0.2) is 15.0 Å². The molecule has 0 saturated heterocycles. The van der Waals surface area contributed by atoms with E-state index in [0.29, 0.717) is 17.5 Å². The summed E-state index contributed by atoms with van der Waals surface area (Å²) in [6.07, 6.45) is 0. The smallest absolute Gasteiger partial charge is 0.164 e. The zero-order valence-electron chi connectivity index (χ0n) is 29.8. The maximum Gasteiger partial charge on any atom is 0.164 e. The molecule has 10 rings (SSSR count). The van der Waals surface area contributed by atoms with Crippen LogP contribution in [0.1, 0.15) is 0 Å². The quantitative estimate of drug-likeness (QED) is 0.166. The Labute approximate surface area is 319 Å². The number of rotatable bonds is 7. The molecule has 10 aromatic rings. The van der Waals surface area contributed by atoms with Crippen molar-refractivity contribution in [3.63, 3.8) is 0 Å². The van der Waals surface area contributed by atoms with E-state index in [2.05, 4.69) is 127 Å². The predicted octanol–water partition coefficient (Wildman–Crippen LogP) is 13.4. The summed E-state index contributed by atoms with van der Waals surface area (Å²) in [4.78, 5) is 14.9. The van der Waals surface area contributed by atoms with Gasteiger partial charge in [0.05, 0.1) is 0 Å². The molecule has 0 atom stereocenters. The maximum atomic E-state index is 6.65. The van der Waals surface area contributed by atoms with Crippen molar-refractivity contribution in [3.05, 3.63) is 200 Å². The lowest BCUT2D eigenvalue weighted by molar-refractivity contribution is 0.670.